The monoisotopic (exact) mass is 489 g/mol. The topological polar surface area (TPSA) is 52.1 Å². The van der Waals surface area contributed by atoms with Gasteiger partial charge in [0.2, 0.25) is 0 Å². The third-order valence-corrected chi connectivity index (χ3v) is 4.82. The Hall–Kier alpha value is -1.06. The summed E-state index contributed by atoms with van der Waals surface area (Å²) in [5, 5.41) is 6.81. The Kier molecular flexibility index (Phi) is 11.7. The average molecular weight is 489 g/mol. The smallest absolute Gasteiger partial charge is 0.191 e. The number of aryl methyl sites for hydroxylation is 1. The van der Waals surface area contributed by atoms with Crippen LogP contribution in [-0.4, -0.2) is 75.2 Å². The molecule has 2 rings (SSSR count). The molecule has 0 atom stereocenters. The summed E-state index contributed by atoms with van der Waals surface area (Å²) in [7, 11) is 1.81. The fourth-order valence-electron chi connectivity index (χ4n) is 3.16. The first-order chi connectivity index (χ1) is 12.7. The van der Waals surface area contributed by atoms with Crippen LogP contribution in [0.25, 0.3) is 0 Å². The molecule has 1 aliphatic rings. The molecule has 1 aromatic rings. The van der Waals surface area contributed by atoms with Crippen LogP contribution in [0.5, 0.6) is 5.75 Å². The minimum absolute atomic E-state index is 0. The number of nitrogens with one attached hydrogen (secondary N) is 2. The molecule has 0 spiro atoms. The first kappa shape index (κ1) is 24.0. The molecule has 0 unspecified atom stereocenters. The lowest BCUT2D eigenvalue weighted by atomic mass is 10.1. The first-order valence-electron chi connectivity index (χ1n) is 9.77. The van der Waals surface area contributed by atoms with Gasteiger partial charge in [-0.1, -0.05) is 19.1 Å². The number of hydrogen-bond donors (Lipinski definition) is 2. The number of hydrogen-bond acceptors (Lipinski definition) is 4. The molecular formula is C20H36IN5O. The molecular weight excluding hydrogens is 453 g/mol. The van der Waals surface area contributed by atoms with Crippen molar-refractivity contribution in [2.24, 2.45) is 4.99 Å². The predicted molar refractivity (Wildman–Crippen MR) is 125 cm³/mol. The lowest BCUT2D eigenvalue weighted by Gasteiger charge is -2.34. The molecule has 0 amide bonds. The van der Waals surface area contributed by atoms with E-state index in [-0.39, 0.29) is 24.0 Å². The van der Waals surface area contributed by atoms with Gasteiger partial charge < -0.3 is 20.3 Å². The van der Waals surface area contributed by atoms with Crippen LogP contribution in [-0.2, 0) is 6.54 Å². The Morgan fingerprint density at radius 2 is 1.81 bits per heavy atom. The zero-order valence-corrected chi connectivity index (χ0v) is 19.6. The largest absolute Gasteiger partial charge is 0.494 e. The van der Waals surface area contributed by atoms with Crippen molar-refractivity contribution in [2.45, 2.75) is 27.3 Å². The first-order valence-corrected chi connectivity index (χ1v) is 9.77. The number of likely N-dealkylation sites (N-methyl/N-ethyl adjacent to an activating group) is 1. The van der Waals surface area contributed by atoms with Gasteiger partial charge in [-0.25, -0.2) is 0 Å². The number of nitrogens with zero attached hydrogens (tertiary/aromatic N) is 3. The molecule has 1 saturated heterocycles. The van der Waals surface area contributed by atoms with E-state index < -0.39 is 0 Å². The Morgan fingerprint density at radius 1 is 1.11 bits per heavy atom. The van der Waals surface area contributed by atoms with Crippen LogP contribution < -0.4 is 15.4 Å². The van der Waals surface area contributed by atoms with E-state index in [1.807, 2.05) is 14.0 Å². The normalized spacial score (nSPS) is 15.9. The van der Waals surface area contributed by atoms with Crippen molar-refractivity contribution >= 4 is 29.9 Å². The van der Waals surface area contributed by atoms with E-state index in [0.717, 1.165) is 50.0 Å². The Balaban J connectivity index is 0.00000364. The quantitative estimate of drug-likeness (QED) is 0.334. The maximum absolute atomic E-state index is 5.75. The number of aliphatic imine (C=N–C) groups is 1. The van der Waals surface area contributed by atoms with Gasteiger partial charge in [0.25, 0.3) is 0 Å². The molecule has 1 heterocycles. The molecule has 1 aliphatic heterocycles. The highest BCUT2D eigenvalue weighted by atomic mass is 127. The second-order valence-corrected chi connectivity index (χ2v) is 6.67. The lowest BCUT2D eigenvalue weighted by Crippen LogP contribution is -2.49. The van der Waals surface area contributed by atoms with Gasteiger partial charge in [0.05, 0.1) is 6.61 Å². The van der Waals surface area contributed by atoms with Gasteiger partial charge in [-0.2, -0.15) is 0 Å². The highest BCUT2D eigenvalue weighted by molar-refractivity contribution is 14.0. The second-order valence-electron chi connectivity index (χ2n) is 6.67. The molecule has 6 nitrogen and oxygen atoms in total. The molecule has 1 fully saturated rings. The molecule has 27 heavy (non-hydrogen) atoms. The molecule has 0 aromatic heterocycles. The van der Waals surface area contributed by atoms with E-state index in [4.69, 9.17) is 4.74 Å². The number of halogens is 1. The fraction of sp³-hybridized carbons (Fsp3) is 0.650. The number of rotatable bonds is 8. The zero-order chi connectivity index (χ0) is 18.8. The van der Waals surface area contributed by atoms with E-state index >= 15 is 0 Å². The van der Waals surface area contributed by atoms with Crippen LogP contribution in [0, 0.1) is 6.92 Å². The van der Waals surface area contributed by atoms with Crippen molar-refractivity contribution < 1.29 is 4.74 Å². The summed E-state index contributed by atoms with van der Waals surface area (Å²) in [5.41, 5.74) is 2.36. The predicted octanol–water partition coefficient (Wildman–Crippen LogP) is 2.31. The van der Waals surface area contributed by atoms with Gasteiger partial charge in [-0.15, -0.1) is 24.0 Å². The molecule has 0 saturated carbocycles. The minimum atomic E-state index is 0. The van der Waals surface area contributed by atoms with Gasteiger partial charge in [0.1, 0.15) is 5.75 Å². The number of piperazine rings is 1. The Labute approximate surface area is 181 Å². The number of guanidine groups is 1. The molecule has 0 radical (unpaired) electrons. The summed E-state index contributed by atoms with van der Waals surface area (Å²) in [4.78, 5) is 9.35. The lowest BCUT2D eigenvalue weighted by molar-refractivity contribution is 0.139. The summed E-state index contributed by atoms with van der Waals surface area (Å²) in [5.74, 6) is 1.78. The van der Waals surface area contributed by atoms with E-state index in [1.54, 1.807) is 0 Å². The van der Waals surface area contributed by atoms with Crippen LogP contribution in [0.3, 0.4) is 0 Å². The Morgan fingerprint density at radius 3 is 2.44 bits per heavy atom. The summed E-state index contributed by atoms with van der Waals surface area (Å²) in [6, 6.07) is 6.33. The van der Waals surface area contributed by atoms with Crippen LogP contribution in [0.15, 0.2) is 23.2 Å². The summed E-state index contributed by atoms with van der Waals surface area (Å²) in [6.45, 7) is 15.5. The SMILES string of the molecule is CCOc1cc(C)ccc1CNC(=NC)NCCN1CCN(CC)CC1.I. The third kappa shape index (κ3) is 8.23. The van der Waals surface area contributed by atoms with Crippen LogP contribution >= 0.6 is 24.0 Å². The van der Waals surface area contributed by atoms with E-state index in [2.05, 4.69) is 57.5 Å². The van der Waals surface area contributed by atoms with Crippen LogP contribution in [0.2, 0.25) is 0 Å². The van der Waals surface area contributed by atoms with Crippen LogP contribution in [0.1, 0.15) is 25.0 Å². The van der Waals surface area contributed by atoms with E-state index in [0.29, 0.717) is 13.2 Å². The highest BCUT2D eigenvalue weighted by Gasteiger charge is 2.14. The maximum Gasteiger partial charge on any atom is 0.191 e. The van der Waals surface area contributed by atoms with Gasteiger partial charge in [-0.3, -0.25) is 9.89 Å². The second kappa shape index (κ2) is 13.2. The van der Waals surface area contributed by atoms with E-state index in [9.17, 15) is 0 Å². The van der Waals surface area contributed by atoms with Gasteiger partial charge >= 0.3 is 0 Å². The van der Waals surface area contributed by atoms with Crippen molar-refractivity contribution in [1.82, 2.24) is 20.4 Å². The average Bonchev–Trinajstić information content (AvgIpc) is 2.66. The zero-order valence-electron chi connectivity index (χ0n) is 17.3. The molecule has 0 bridgehead atoms. The molecule has 2 N–H and O–H groups in total. The van der Waals surface area contributed by atoms with Crippen molar-refractivity contribution in [2.75, 3.05) is 59.5 Å². The van der Waals surface area contributed by atoms with Crippen molar-refractivity contribution in [3.05, 3.63) is 29.3 Å². The minimum Gasteiger partial charge on any atom is -0.494 e. The van der Waals surface area contributed by atoms with Crippen molar-refractivity contribution in [1.29, 1.82) is 0 Å². The van der Waals surface area contributed by atoms with E-state index in [1.165, 1.54) is 18.7 Å². The van der Waals surface area contributed by atoms with Gasteiger partial charge in [0, 0.05) is 58.4 Å². The fourth-order valence-corrected chi connectivity index (χ4v) is 3.16. The molecule has 0 aliphatic carbocycles. The van der Waals surface area contributed by atoms with Crippen molar-refractivity contribution in [3.63, 3.8) is 0 Å². The standard InChI is InChI=1S/C20H35N5O.HI/c1-5-24-11-13-25(14-12-24)10-9-22-20(21-4)23-16-18-8-7-17(3)15-19(18)26-6-2;/h7-8,15H,5-6,9-14,16H2,1-4H3,(H2,21,22,23);1H. The summed E-state index contributed by atoms with van der Waals surface area (Å²) >= 11 is 0. The van der Waals surface area contributed by atoms with Crippen LogP contribution in [0.4, 0.5) is 0 Å². The Bertz CT molecular complexity index is 573. The maximum atomic E-state index is 5.75. The van der Waals surface area contributed by atoms with Gasteiger partial charge in [0.15, 0.2) is 5.96 Å². The van der Waals surface area contributed by atoms with Gasteiger partial charge in [-0.05, 0) is 32.0 Å². The summed E-state index contributed by atoms with van der Waals surface area (Å²) in [6.07, 6.45) is 0. The summed E-state index contributed by atoms with van der Waals surface area (Å²) < 4.78 is 5.75. The number of ether oxygens (including phenoxy) is 1. The molecule has 1 aromatic carbocycles. The van der Waals surface area contributed by atoms with Crippen molar-refractivity contribution in [3.8, 4) is 5.75 Å². The highest BCUT2D eigenvalue weighted by Crippen LogP contribution is 2.20. The molecule has 7 heteroatoms. The molecule has 154 valence electrons. The number of benzene rings is 1. The third-order valence-electron chi connectivity index (χ3n) is 4.82.